The normalized spacial score (nSPS) is 10.8. The molecular weight excluding hydrogens is 324 g/mol. The largest absolute Gasteiger partial charge is 0.497 e. The third-order valence-corrected chi connectivity index (χ3v) is 4.54. The van der Waals surface area contributed by atoms with Crippen LogP contribution >= 0.6 is 11.8 Å². The number of carbonyl (C=O) groups excluding carboxylic acids is 1. The van der Waals surface area contributed by atoms with Gasteiger partial charge in [-0.2, -0.15) is 0 Å². The Morgan fingerprint density at radius 3 is 2.75 bits per heavy atom. The summed E-state index contributed by atoms with van der Waals surface area (Å²) in [5.74, 6) is 1.17. The number of pyridine rings is 1. The minimum Gasteiger partial charge on any atom is -0.497 e. The number of thioether (sulfide) groups is 1. The fraction of sp³-hybridized carbons (Fsp3) is 0.235. The number of benzene rings is 1. The van der Waals surface area contributed by atoms with Crippen molar-refractivity contribution in [3.05, 3.63) is 54.2 Å². The van der Waals surface area contributed by atoms with Crippen LogP contribution < -0.4 is 4.74 Å². The molecule has 0 radical (unpaired) electrons. The van der Waals surface area contributed by atoms with Crippen molar-refractivity contribution >= 4 is 23.3 Å². The van der Waals surface area contributed by atoms with Crippen LogP contribution in [-0.2, 0) is 11.3 Å². The summed E-state index contributed by atoms with van der Waals surface area (Å²) in [4.78, 5) is 14.0. The predicted octanol–water partition coefficient (Wildman–Crippen LogP) is 2.49. The molecule has 0 unspecified atom stereocenters. The second-order valence-corrected chi connectivity index (χ2v) is 6.24. The Kier molecular flexibility index (Phi) is 5.00. The highest BCUT2D eigenvalue weighted by molar-refractivity contribution is 7.99. The topological polar surface area (TPSA) is 59.7 Å². The van der Waals surface area contributed by atoms with E-state index in [4.69, 9.17) is 4.74 Å². The van der Waals surface area contributed by atoms with E-state index in [0.29, 0.717) is 12.3 Å². The molecule has 0 atom stereocenters. The number of carbonyl (C=O) groups is 1. The molecule has 0 bridgehead atoms. The molecular formula is C17H18N4O2S. The summed E-state index contributed by atoms with van der Waals surface area (Å²) in [6.45, 7) is 0.559. The van der Waals surface area contributed by atoms with Gasteiger partial charge in [0.25, 0.3) is 0 Å². The zero-order chi connectivity index (χ0) is 16.9. The van der Waals surface area contributed by atoms with Crippen LogP contribution in [-0.4, -0.2) is 45.3 Å². The maximum Gasteiger partial charge on any atom is 0.233 e. The van der Waals surface area contributed by atoms with Gasteiger partial charge in [0.05, 0.1) is 12.9 Å². The minimum atomic E-state index is 0.0449. The van der Waals surface area contributed by atoms with Gasteiger partial charge in [-0.15, -0.1) is 10.2 Å². The van der Waals surface area contributed by atoms with Gasteiger partial charge >= 0.3 is 0 Å². The fourth-order valence-corrected chi connectivity index (χ4v) is 3.11. The zero-order valence-electron chi connectivity index (χ0n) is 13.5. The van der Waals surface area contributed by atoms with Crippen LogP contribution in [0.15, 0.2) is 53.8 Å². The molecule has 124 valence electrons. The van der Waals surface area contributed by atoms with Gasteiger partial charge in [0, 0.05) is 19.8 Å². The van der Waals surface area contributed by atoms with Gasteiger partial charge in [-0.3, -0.25) is 9.20 Å². The van der Waals surface area contributed by atoms with Crippen LogP contribution in [0, 0.1) is 0 Å². The van der Waals surface area contributed by atoms with Gasteiger partial charge in [-0.1, -0.05) is 30.0 Å². The number of methoxy groups -OCH3 is 1. The molecule has 6 nitrogen and oxygen atoms in total. The van der Waals surface area contributed by atoms with Gasteiger partial charge < -0.3 is 9.64 Å². The highest BCUT2D eigenvalue weighted by Crippen LogP contribution is 2.18. The molecule has 2 aromatic heterocycles. The first-order valence-electron chi connectivity index (χ1n) is 7.47. The Balaban J connectivity index is 1.57. The van der Waals surface area contributed by atoms with E-state index in [1.165, 1.54) is 11.8 Å². The number of nitrogens with zero attached hydrogens (tertiary/aromatic N) is 4. The minimum absolute atomic E-state index is 0.0449. The van der Waals surface area contributed by atoms with Gasteiger partial charge in [-0.25, -0.2) is 0 Å². The maximum atomic E-state index is 12.3. The number of ether oxygens (including phenoxy) is 1. The van der Waals surface area contributed by atoms with Crippen LogP contribution in [0.25, 0.3) is 5.65 Å². The van der Waals surface area contributed by atoms with E-state index in [2.05, 4.69) is 10.2 Å². The van der Waals surface area contributed by atoms with Crippen LogP contribution in [0.2, 0.25) is 0 Å². The Bertz CT molecular complexity index is 832. The van der Waals surface area contributed by atoms with Gasteiger partial charge in [0.15, 0.2) is 10.8 Å². The molecule has 0 saturated carbocycles. The summed E-state index contributed by atoms with van der Waals surface area (Å²) >= 11 is 1.39. The Morgan fingerprint density at radius 1 is 1.21 bits per heavy atom. The highest BCUT2D eigenvalue weighted by Gasteiger charge is 2.13. The average molecular weight is 342 g/mol. The van der Waals surface area contributed by atoms with Crippen LogP contribution in [0.4, 0.5) is 0 Å². The Hall–Kier alpha value is -2.54. The molecule has 0 spiro atoms. The molecule has 0 saturated heterocycles. The fourth-order valence-electron chi connectivity index (χ4n) is 2.25. The lowest BCUT2D eigenvalue weighted by Gasteiger charge is -2.17. The number of aromatic nitrogens is 3. The molecule has 0 N–H and O–H groups in total. The number of hydrogen-bond acceptors (Lipinski definition) is 5. The van der Waals surface area contributed by atoms with E-state index in [9.17, 15) is 4.79 Å². The van der Waals surface area contributed by atoms with Gasteiger partial charge in [0.2, 0.25) is 5.91 Å². The summed E-state index contributed by atoms with van der Waals surface area (Å²) in [5.41, 5.74) is 1.84. The van der Waals surface area contributed by atoms with Crippen molar-refractivity contribution < 1.29 is 9.53 Å². The molecule has 3 rings (SSSR count). The summed E-state index contributed by atoms with van der Waals surface area (Å²) in [6, 6.07) is 13.4. The van der Waals surface area contributed by atoms with Crippen LogP contribution in [0.1, 0.15) is 5.56 Å². The first kappa shape index (κ1) is 16.3. The summed E-state index contributed by atoms with van der Waals surface area (Å²) in [5, 5.41) is 8.92. The van der Waals surface area contributed by atoms with Crippen molar-refractivity contribution in [3.63, 3.8) is 0 Å². The monoisotopic (exact) mass is 342 g/mol. The van der Waals surface area contributed by atoms with E-state index in [1.807, 2.05) is 53.1 Å². The van der Waals surface area contributed by atoms with Crippen molar-refractivity contribution in [3.8, 4) is 5.75 Å². The number of fused-ring (bicyclic) bond motifs is 1. The maximum absolute atomic E-state index is 12.3. The molecule has 24 heavy (non-hydrogen) atoms. The third kappa shape index (κ3) is 3.68. The Morgan fingerprint density at radius 2 is 2.00 bits per heavy atom. The molecule has 3 aromatic rings. The highest BCUT2D eigenvalue weighted by atomic mass is 32.2. The molecule has 0 aliphatic carbocycles. The molecule has 1 aromatic carbocycles. The standard InChI is InChI=1S/C17H18N4O2S/c1-20(11-13-6-8-14(23-2)9-7-13)16(22)12-24-17-19-18-15-5-3-4-10-21(15)17/h3-10H,11-12H2,1-2H3. The average Bonchev–Trinajstić information content (AvgIpc) is 3.03. The number of hydrogen-bond donors (Lipinski definition) is 0. The summed E-state index contributed by atoms with van der Waals surface area (Å²) in [6.07, 6.45) is 1.89. The second kappa shape index (κ2) is 7.35. The van der Waals surface area contributed by atoms with Crippen molar-refractivity contribution in [2.45, 2.75) is 11.7 Å². The van der Waals surface area contributed by atoms with Crippen molar-refractivity contribution in [2.24, 2.45) is 0 Å². The first-order chi connectivity index (χ1) is 11.7. The van der Waals surface area contributed by atoms with Crippen molar-refractivity contribution in [2.75, 3.05) is 19.9 Å². The lowest BCUT2D eigenvalue weighted by molar-refractivity contribution is -0.127. The van der Waals surface area contributed by atoms with Crippen molar-refractivity contribution in [1.29, 1.82) is 0 Å². The molecule has 0 aliphatic heterocycles. The number of rotatable bonds is 6. The smallest absolute Gasteiger partial charge is 0.233 e. The second-order valence-electron chi connectivity index (χ2n) is 5.30. The van der Waals surface area contributed by atoms with E-state index in [0.717, 1.165) is 22.1 Å². The van der Waals surface area contributed by atoms with Crippen LogP contribution in [0.5, 0.6) is 5.75 Å². The van der Waals surface area contributed by atoms with E-state index in [-0.39, 0.29) is 5.91 Å². The van der Waals surface area contributed by atoms with Gasteiger partial charge in [-0.05, 0) is 29.8 Å². The number of amides is 1. The van der Waals surface area contributed by atoms with Crippen molar-refractivity contribution in [1.82, 2.24) is 19.5 Å². The van der Waals surface area contributed by atoms with E-state index < -0.39 is 0 Å². The molecule has 0 aliphatic rings. The lowest BCUT2D eigenvalue weighted by atomic mass is 10.2. The lowest BCUT2D eigenvalue weighted by Crippen LogP contribution is -2.27. The molecule has 7 heteroatoms. The quantitative estimate of drug-likeness (QED) is 0.644. The molecule has 1 amide bonds. The Labute approximate surface area is 144 Å². The van der Waals surface area contributed by atoms with Gasteiger partial charge in [0.1, 0.15) is 5.75 Å². The first-order valence-corrected chi connectivity index (χ1v) is 8.45. The SMILES string of the molecule is COc1ccc(CN(C)C(=O)CSc2nnc3ccccn23)cc1. The summed E-state index contributed by atoms with van der Waals surface area (Å²) in [7, 11) is 3.44. The third-order valence-electron chi connectivity index (χ3n) is 3.61. The van der Waals surface area contributed by atoms with E-state index in [1.54, 1.807) is 19.1 Å². The predicted molar refractivity (Wildman–Crippen MR) is 93.2 cm³/mol. The molecule has 2 heterocycles. The zero-order valence-corrected chi connectivity index (χ0v) is 14.4. The molecule has 0 fully saturated rings. The van der Waals surface area contributed by atoms with Crippen LogP contribution in [0.3, 0.4) is 0 Å². The summed E-state index contributed by atoms with van der Waals surface area (Å²) < 4.78 is 7.01. The van der Waals surface area contributed by atoms with E-state index >= 15 is 0 Å².